The molecule has 0 radical (unpaired) electrons. The van der Waals surface area contributed by atoms with E-state index in [1.165, 1.54) is 7.11 Å². The minimum absolute atomic E-state index is 0.0991. The molecule has 0 saturated carbocycles. The molecular weight excluding hydrogens is 430 g/mol. The van der Waals surface area contributed by atoms with Crippen molar-refractivity contribution in [1.82, 2.24) is 0 Å². The zero-order valence-corrected chi connectivity index (χ0v) is 18.8. The molecule has 7 nitrogen and oxygen atoms in total. The second kappa shape index (κ2) is 8.64. The van der Waals surface area contributed by atoms with Crippen LogP contribution in [-0.4, -0.2) is 34.7 Å². The molecule has 4 rings (SSSR count). The summed E-state index contributed by atoms with van der Waals surface area (Å²) in [5, 5.41) is 1.82. The molecule has 8 heteroatoms. The SMILES string of the molecule is COCCOC(=O)c1c(C)oc2c1cc(NS(=O)(=O)c1ccc(C)cc1)c1ccccc12. The molecular formula is C24H23NO6S. The first-order valence-corrected chi connectivity index (χ1v) is 11.5. The highest BCUT2D eigenvalue weighted by atomic mass is 32.2. The van der Waals surface area contributed by atoms with E-state index in [1.54, 1.807) is 43.3 Å². The number of anilines is 1. The summed E-state index contributed by atoms with van der Waals surface area (Å²) in [6.07, 6.45) is 0. The van der Waals surface area contributed by atoms with Crippen molar-refractivity contribution in [3.05, 3.63) is 71.5 Å². The van der Waals surface area contributed by atoms with Gasteiger partial charge in [-0.25, -0.2) is 13.2 Å². The van der Waals surface area contributed by atoms with E-state index in [-0.39, 0.29) is 23.7 Å². The number of rotatable bonds is 7. The van der Waals surface area contributed by atoms with Crippen molar-refractivity contribution in [2.75, 3.05) is 25.0 Å². The van der Waals surface area contributed by atoms with Gasteiger partial charge in [0.15, 0.2) is 0 Å². The molecule has 0 aliphatic heterocycles. The Kier molecular flexibility index (Phi) is 5.90. The van der Waals surface area contributed by atoms with Gasteiger partial charge < -0.3 is 13.9 Å². The number of sulfonamides is 1. The predicted octanol–water partition coefficient (Wildman–Crippen LogP) is 4.81. The first kappa shape index (κ1) is 21.9. The van der Waals surface area contributed by atoms with Crippen LogP contribution < -0.4 is 4.72 Å². The molecule has 0 aliphatic carbocycles. The highest BCUT2D eigenvalue weighted by molar-refractivity contribution is 7.92. The van der Waals surface area contributed by atoms with Crippen LogP contribution in [0.4, 0.5) is 5.69 Å². The fourth-order valence-electron chi connectivity index (χ4n) is 3.59. The Bertz CT molecular complexity index is 1400. The molecule has 1 aromatic heterocycles. The maximum absolute atomic E-state index is 13.1. The fourth-order valence-corrected chi connectivity index (χ4v) is 4.66. The number of benzene rings is 3. The predicted molar refractivity (Wildman–Crippen MR) is 123 cm³/mol. The molecule has 4 aromatic rings. The molecule has 0 atom stereocenters. The maximum atomic E-state index is 13.1. The summed E-state index contributed by atoms with van der Waals surface area (Å²) < 4.78 is 44.9. The fraction of sp³-hybridized carbons (Fsp3) is 0.208. The smallest absolute Gasteiger partial charge is 0.342 e. The summed E-state index contributed by atoms with van der Waals surface area (Å²) in [5.74, 6) is -0.160. The largest absolute Gasteiger partial charge is 0.460 e. The van der Waals surface area contributed by atoms with Crippen LogP contribution in [0.3, 0.4) is 0 Å². The maximum Gasteiger partial charge on any atom is 0.342 e. The standard InChI is InChI=1S/C24H23NO6S/c1-15-8-10-17(11-9-15)32(27,28)25-21-14-20-22(24(26)30-13-12-29-3)16(2)31-23(20)19-7-5-4-6-18(19)21/h4-11,14,25H,12-13H2,1-3H3. The van der Waals surface area contributed by atoms with Gasteiger partial charge in [0.05, 0.1) is 17.2 Å². The summed E-state index contributed by atoms with van der Waals surface area (Å²) in [4.78, 5) is 12.9. The van der Waals surface area contributed by atoms with Crippen LogP contribution in [0.15, 0.2) is 63.9 Å². The van der Waals surface area contributed by atoms with Gasteiger partial charge in [0.2, 0.25) is 0 Å². The summed E-state index contributed by atoms with van der Waals surface area (Å²) in [5.41, 5.74) is 2.06. The third kappa shape index (κ3) is 4.06. The van der Waals surface area contributed by atoms with Gasteiger partial charge in [-0.15, -0.1) is 0 Å². The van der Waals surface area contributed by atoms with Crippen LogP contribution in [0.1, 0.15) is 21.7 Å². The number of fused-ring (bicyclic) bond motifs is 3. The average molecular weight is 454 g/mol. The molecule has 0 fully saturated rings. The van der Waals surface area contributed by atoms with E-state index in [9.17, 15) is 13.2 Å². The normalized spacial score (nSPS) is 11.7. The Hall–Kier alpha value is -3.36. The third-order valence-electron chi connectivity index (χ3n) is 5.17. The molecule has 1 heterocycles. The Morgan fingerprint density at radius 1 is 0.969 bits per heavy atom. The van der Waals surface area contributed by atoms with Crippen LogP contribution in [0.5, 0.6) is 0 Å². The quantitative estimate of drug-likeness (QED) is 0.319. The van der Waals surface area contributed by atoms with Crippen LogP contribution in [-0.2, 0) is 19.5 Å². The number of nitrogens with one attached hydrogen (secondary N) is 1. The Balaban J connectivity index is 1.85. The molecule has 0 spiro atoms. The van der Waals surface area contributed by atoms with Crippen LogP contribution in [0, 0.1) is 13.8 Å². The summed E-state index contributed by atoms with van der Waals surface area (Å²) >= 11 is 0. The minimum atomic E-state index is -3.85. The van der Waals surface area contributed by atoms with Gasteiger partial charge in [-0.05, 0) is 32.0 Å². The highest BCUT2D eigenvalue weighted by Gasteiger charge is 2.24. The second-order valence-electron chi connectivity index (χ2n) is 7.43. The Morgan fingerprint density at radius 2 is 1.66 bits per heavy atom. The number of methoxy groups -OCH3 is 1. The molecule has 166 valence electrons. The lowest BCUT2D eigenvalue weighted by Crippen LogP contribution is -2.13. The minimum Gasteiger partial charge on any atom is -0.460 e. The molecule has 0 bridgehead atoms. The summed E-state index contributed by atoms with van der Waals surface area (Å²) in [6, 6.07) is 15.5. The van der Waals surface area contributed by atoms with E-state index < -0.39 is 16.0 Å². The lowest BCUT2D eigenvalue weighted by molar-refractivity contribution is 0.0388. The first-order valence-electron chi connectivity index (χ1n) is 10.0. The molecule has 1 N–H and O–H groups in total. The first-order chi connectivity index (χ1) is 15.3. The molecule has 32 heavy (non-hydrogen) atoms. The van der Waals surface area contributed by atoms with Gasteiger partial charge in [-0.3, -0.25) is 4.72 Å². The van der Waals surface area contributed by atoms with Crippen LogP contribution in [0.2, 0.25) is 0 Å². The molecule has 0 unspecified atom stereocenters. The number of esters is 1. The molecule has 0 saturated heterocycles. The number of hydrogen-bond donors (Lipinski definition) is 1. The zero-order chi connectivity index (χ0) is 22.9. The highest BCUT2D eigenvalue weighted by Crippen LogP contribution is 2.37. The average Bonchev–Trinajstić information content (AvgIpc) is 3.10. The van der Waals surface area contributed by atoms with E-state index in [4.69, 9.17) is 13.9 Å². The number of hydrogen-bond acceptors (Lipinski definition) is 6. The number of carbonyl (C=O) groups is 1. The topological polar surface area (TPSA) is 94.8 Å². The molecule has 0 amide bonds. The van der Waals surface area contributed by atoms with E-state index in [1.807, 2.05) is 25.1 Å². The van der Waals surface area contributed by atoms with Gasteiger partial charge in [0, 0.05) is 23.3 Å². The van der Waals surface area contributed by atoms with E-state index in [0.29, 0.717) is 33.2 Å². The summed E-state index contributed by atoms with van der Waals surface area (Å²) in [7, 11) is -2.33. The number of furan rings is 1. The van der Waals surface area contributed by atoms with Crippen molar-refractivity contribution in [2.45, 2.75) is 18.7 Å². The third-order valence-corrected chi connectivity index (χ3v) is 6.55. The molecule has 0 aliphatic rings. The number of carbonyl (C=O) groups excluding carboxylic acids is 1. The van der Waals surface area contributed by atoms with E-state index in [2.05, 4.69) is 4.72 Å². The monoisotopic (exact) mass is 453 g/mol. The van der Waals surface area contributed by atoms with Gasteiger partial charge >= 0.3 is 5.97 Å². The summed E-state index contributed by atoms with van der Waals surface area (Å²) in [6.45, 7) is 3.94. The van der Waals surface area contributed by atoms with Gasteiger partial charge in [0.25, 0.3) is 10.0 Å². The van der Waals surface area contributed by atoms with Crippen molar-refractivity contribution in [2.24, 2.45) is 0 Å². The second-order valence-corrected chi connectivity index (χ2v) is 9.11. The van der Waals surface area contributed by atoms with Crippen molar-refractivity contribution >= 4 is 43.4 Å². The molecule has 3 aromatic carbocycles. The Morgan fingerprint density at radius 3 is 2.34 bits per heavy atom. The van der Waals surface area contributed by atoms with E-state index >= 15 is 0 Å². The van der Waals surface area contributed by atoms with Gasteiger partial charge in [-0.2, -0.15) is 0 Å². The van der Waals surface area contributed by atoms with Crippen molar-refractivity contribution in [1.29, 1.82) is 0 Å². The van der Waals surface area contributed by atoms with Gasteiger partial charge in [0.1, 0.15) is 23.5 Å². The lowest BCUT2D eigenvalue weighted by Gasteiger charge is -2.12. The Labute approximate surface area is 186 Å². The van der Waals surface area contributed by atoms with E-state index in [0.717, 1.165) is 5.56 Å². The number of aryl methyl sites for hydroxylation is 2. The lowest BCUT2D eigenvalue weighted by atomic mass is 10.0. The van der Waals surface area contributed by atoms with Crippen molar-refractivity contribution < 1.29 is 27.1 Å². The number of ether oxygens (including phenoxy) is 2. The van der Waals surface area contributed by atoms with Gasteiger partial charge in [-0.1, -0.05) is 42.0 Å². The van der Waals surface area contributed by atoms with Crippen molar-refractivity contribution in [3.8, 4) is 0 Å². The zero-order valence-electron chi connectivity index (χ0n) is 18.0. The van der Waals surface area contributed by atoms with Crippen molar-refractivity contribution in [3.63, 3.8) is 0 Å². The van der Waals surface area contributed by atoms with Crippen LogP contribution >= 0.6 is 0 Å². The van der Waals surface area contributed by atoms with Crippen LogP contribution in [0.25, 0.3) is 21.7 Å².